The Hall–Kier alpha value is -1.58. The maximum atomic E-state index is 9.43. The van der Waals surface area contributed by atoms with E-state index in [2.05, 4.69) is 4.98 Å². The first-order valence-electron chi connectivity index (χ1n) is 5.49. The van der Waals surface area contributed by atoms with Crippen molar-refractivity contribution >= 4 is 33.2 Å². The molecular formula is C14H10ClNOS. The van der Waals surface area contributed by atoms with Crippen LogP contribution in [0.25, 0.3) is 20.8 Å². The Morgan fingerprint density at radius 3 is 2.78 bits per heavy atom. The van der Waals surface area contributed by atoms with Crippen molar-refractivity contribution in [3.63, 3.8) is 0 Å². The molecule has 0 atom stereocenters. The highest BCUT2D eigenvalue weighted by Gasteiger charge is 2.09. The predicted octanol–water partition coefficient (Wildman–Crippen LogP) is 4.63. The number of hydrogen-bond acceptors (Lipinski definition) is 3. The fourth-order valence-electron chi connectivity index (χ4n) is 1.90. The molecule has 3 rings (SSSR count). The van der Waals surface area contributed by atoms with E-state index in [0.717, 1.165) is 31.4 Å². The van der Waals surface area contributed by atoms with Crippen molar-refractivity contribution in [3.8, 4) is 16.3 Å². The van der Waals surface area contributed by atoms with Gasteiger partial charge >= 0.3 is 0 Å². The average molecular weight is 276 g/mol. The van der Waals surface area contributed by atoms with E-state index in [1.807, 2.05) is 31.2 Å². The molecule has 0 aliphatic rings. The maximum Gasteiger partial charge on any atom is 0.124 e. The quantitative estimate of drug-likeness (QED) is 0.702. The van der Waals surface area contributed by atoms with Crippen LogP contribution in [0.4, 0.5) is 0 Å². The summed E-state index contributed by atoms with van der Waals surface area (Å²) in [5, 5.41) is 11.1. The van der Waals surface area contributed by atoms with Crippen molar-refractivity contribution in [1.29, 1.82) is 0 Å². The van der Waals surface area contributed by atoms with Crippen molar-refractivity contribution in [2.45, 2.75) is 6.92 Å². The van der Waals surface area contributed by atoms with Gasteiger partial charge in [0.2, 0.25) is 0 Å². The second-order valence-electron chi connectivity index (χ2n) is 4.13. The molecule has 0 saturated carbocycles. The SMILES string of the molecule is Cc1cc(O)ccc1-c1nc2ccc(Cl)cc2s1. The molecule has 2 aromatic carbocycles. The van der Waals surface area contributed by atoms with Gasteiger partial charge in [-0.25, -0.2) is 4.98 Å². The lowest BCUT2D eigenvalue weighted by atomic mass is 10.1. The summed E-state index contributed by atoms with van der Waals surface area (Å²) in [7, 11) is 0. The molecule has 0 bridgehead atoms. The Morgan fingerprint density at radius 2 is 2.00 bits per heavy atom. The molecule has 0 radical (unpaired) electrons. The van der Waals surface area contributed by atoms with Crippen molar-refractivity contribution in [2.24, 2.45) is 0 Å². The van der Waals surface area contributed by atoms with Gasteiger partial charge in [-0.1, -0.05) is 11.6 Å². The molecule has 0 saturated heterocycles. The number of halogens is 1. The minimum Gasteiger partial charge on any atom is -0.508 e. The Morgan fingerprint density at radius 1 is 1.17 bits per heavy atom. The van der Waals surface area contributed by atoms with E-state index in [0.29, 0.717) is 0 Å². The number of fused-ring (bicyclic) bond motifs is 1. The largest absolute Gasteiger partial charge is 0.508 e. The molecule has 0 aliphatic heterocycles. The van der Waals surface area contributed by atoms with Crippen LogP contribution in [-0.2, 0) is 0 Å². The first-order chi connectivity index (χ1) is 8.63. The first kappa shape index (κ1) is 11.5. The second kappa shape index (κ2) is 4.26. The molecule has 18 heavy (non-hydrogen) atoms. The highest BCUT2D eigenvalue weighted by atomic mass is 35.5. The van der Waals surface area contributed by atoms with Crippen LogP contribution in [0.5, 0.6) is 5.75 Å². The third-order valence-electron chi connectivity index (χ3n) is 2.79. The molecule has 0 aliphatic carbocycles. The first-order valence-corrected chi connectivity index (χ1v) is 6.69. The van der Waals surface area contributed by atoms with Gasteiger partial charge in [0, 0.05) is 10.6 Å². The molecule has 2 nitrogen and oxygen atoms in total. The fraction of sp³-hybridized carbons (Fsp3) is 0.0714. The number of aromatic hydroxyl groups is 1. The van der Waals surface area contributed by atoms with Gasteiger partial charge in [-0.3, -0.25) is 0 Å². The van der Waals surface area contributed by atoms with Gasteiger partial charge in [0.25, 0.3) is 0 Å². The smallest absolute Gasteiger partial charge is 0.124 e. The van der Waals surface area contributed by atoms with E-state index in [-0.39, 0.29) is 5.75 Å². The van der Waals surface area contributed by atoms with E-state index < -0.39 is 0 Å². The zero-order chi connectivity index (χ0) is 12.7. The van der Waals surface area contributed by atoms with Crippen LogP contribution in [0.15, 0.2) is 36.4 Å². The maximum absolute atomic E-state index is 9.43. The van der Waals surface area contributed by atoms with E-state index in [1.54, 1.807) is 23.5 Å². The van der Waals surface area contributed by atoms with Crippen LogP contribution >= 0.6 is 22.9 Å². The van der Waals surface area contributed by atoms with Gasteiger partial charge in [0.1, 0.15) is 10.8 Å². The molecule has 0 amide bonds. The third-order valence-corrected chi connectivity index (χ3v) is 4.08. The molecule has 1 N–H and O–H groups in total. The molecule has 1 aromatic heterocycles. The highest BCUT2D eigenvalue weighted by Crippen LogP contribution is 2.34. The molecule has 0 fully saturated rings. The number of aromatic nitrogens is 1. The summed E-state index contributed by atoms with van der Waals surface area (Å²) < 4.78 is 1.07. The molecule has 1 heterocycles. The molecular weight excluding hydrogens is 266 g/mol. The van der Waals surface area contributed by atoms with Crippen LogP contribution in [0, 0.1) is 6.92 Å². The standard InChI is InChI=1S/C14H10ClNOS/c1-8-6-10(17)3-4-11(8)14-16-12-5-2-9(15)7-13(12)18-14/h2-7,17H,1H3. The Balaban J connectivity index is 2.19. The Kier molecular flexibility index (Phi) is 2.73. The average Bonchev–Trinajstić information content (AvgIpc) is 2.71. The van der Waals surface area contributed by atoms with Crippen LogP contribution in [0.2, 0.25) is 5.02 Å². The van der Waals surface area contributed by atoms with Crippen LogP contribution in [0.1, 0.15) is 5.56 Å². The summed E-state index contributed by atoms with van der Waals surface area (Å²) in [6.07, 6.45) is 0. The summed E-state index contributed by atoms with van der Waals surface area (Å²) >= 11 is 7.58. The molecule has 3 aromatic rings. The normalized spacial score (nSPS) is 11.0. The van der Waals surface area contributed by atoms with E-state index in [9.17, 15) is 5.11 Å². The van der Waals surface area contributed by atoms with Crippen molar-refractivity contribution in [3.05, 3.63) is 47.0 Å². The third kappa shape index (κ3) is 1.96. The highest BCUT2D eigenvalue weighted by molar-refractivity contribution is 7.21. The summed E-state index contributed by atoms with van der Waals surface area (Å²) in [6, 6.07) is 11.0. The summed E-state index contributed by atoms with van der Waals surface area (Å²) in [5.41, 5.74) is 3.01. The molecule has 0 spiro atoms. The lowest BCUT2D eigenvalue weighted by molar-refractivity contribution is 0.475. The Bertz CT molecular complexity index is 736. The van der Waals surface area contributed by atoms with Gasteiger partial charge in [-0.05, 0) is 48.9 Å². The lowest BCUT2D eigenvalue weighted by Gasteiger charge is -2.01. The summed E-state index contributed by atoms with van der Waals surface area (Å²) in [4.78, 5) is 4.59. The van der Waals surface area contributed by atoms with Crippen molar-refractivity contribution in [1.82, 2.24) is 4.98 Å². The lowest BCUT2D eigenvalue weighted by Crippen LogP contribution is -1.81. The zero-order valence-corrected chi connectivity index (χ0v) is 11.2. The number of rotatable bonds is 1. The van der Waals surface area contributed by atoms with Crippen molar-refractivity contribution in [2.75, 3.05) is 0 Å². The van der Waals surface area contributed by atoms with E-state index >= 15 is 0 Å². The molecule has 0 unspecified atom stereocenters. The zero-order valence-electron chi connectivity index (χ0n) is 9.64. The van der Waals surface area contributed by atoms with Gasteiger partial charge in [-0.15, -0.1) is 11.3 Å². The number of phenols is 1. The minimum atomic E-state index is 0.278. The van der Waals surface area contributed by atoms with Crippen molar-refractivity contribution < 1.29 is 5.11 Å². The van der Waals surface area contributed by atoms with E-state index in [1.165, 1.54) is 0 Å². The fourth-order valence-corrected chi connectivity index (χ4v) is 3.23. The topological polar surface area (TPSA) is 33.1 Å². The number of hydrogen-bond donors (Lipinski definition) is 1. The minimum absolute atomic E-state index is 0.278. The predicted molar refractivity (Wildman–Crippen MR) is 76.5 cm³/mol. The van der Waals surface area contributed by atoms with Gasteiger partial charge in [0.15, 0.2) is 0 Å². The summed E-state index contributed by atoms with van der Waals surface area (Å²) in [6.45, 7) is 1.97. The monoisotopic (exact) mass is 275 g/mol. The number of thiazole rings is 1. The molecule has 90 valence electrons. The second-order valence-corrected chi connectivity index (χ2v) is 5.60. The number of aryl methyl sites for hydroxylation is 1. The Labute approximate surface area is 113 Å². The van der Waals surface area contributed by atoms with Crippen LogP contribution < -0.4 is 0 Å². The van der Waals surface area contributed by atoms with Gasteiger partial charge in [0.05, 0.1) is 10.2 Å². The molecule has 4 heteroatoms. The van der Waals surface area contributed by atoms with Crippen LogP contribution in [0.3, 0.4) is 0 Å². The summed E-state index contributed by atoms with van der Waals surface area (Å²) in [5.74, 6) is 0.278. The van der Waals surface area contributed by atoms with Gasteiger partial charge in [-0.2, -0.15) is 0 Å². The number of phenolic OH excluding ortho intramolecular Hbond substituents is 1. The van der Waals surface area contributed by atoms with Gasteiger partial charge < -0.3 is 5.11 Å². The van der Waals surface area contributed by atoms with Crippen LogP contribution in [-0.4, -0.2) is 10.1 Å². The number of benzene rings is 2. The number of nitrogens with zero attached hydrogens (tertiary/aromatic N) is 1. The van der Waals surface area contributed by atoms with E-state index in [4.69, 9.17) is 11.6 Å².